The number of amides is 1. The van der Waals surface area contributed by atoms with E-state index in [1.165, 1.54) is 34.9 Å². The fourth-order valence-electron chi connectivity index (χ4n) is 2.17. The van der Waals surface area contributed by atoms with Gasteiger partial charge in [-0.05, 0) is 25.5 Å². The lowest BCUT2D eigenvalue weighted by atomic mass is 10.2. The second kappa shape index (κ2) is 7.04. The van der Waals surface area contributed by atoms with Crippen molar-refractivity contribution in [2.75, 3.05) is 30.4 Å². The third-order valence-corrected chi connectivity index (χ3v) is 4.36. The van der Waals surface area contributed by atoms with Crippen LogP contribution in [0.4, 0.5) is 14.5 Å². The zero-order chi connectivity index (χ0) is 14.5. The Morgan fingerprint density at radius 1 is 1.40 bits per heavy atom. The number of para-hydroxylation sites is 1. The monoisotopic (exact) mass is 301 g/mol. The van der Waals surface area contributed by atoms with Crippen molar-refractivity contribution >= 4 is 23.4 Å². The molecule has 0 unspecified atom stereocenters. The molecule has 1 aliphatic rings. The van der Waals surface area contributed by atoms with E-state index in [9.17, 15) is 13.6 Å². The SMILES string of the molecule is CCOCCS[C@H]1CCN(c2c(F)cccc2F)C1=O. The molecule has 110 valence electrons. The van der Waals surface area contributed by atoms with Crippen molar-refractivity contribution < 1.29 is 18.3 Å². The average Bonchev–Trinajstić information content (AvgIpc) is 2.77. The van der Waals surface area contributed by atoms with Crippen LogP contribution in [-0.4, -0.2) is 36.7 Å². The van der Waals surface area contributed by atoms with Gasteiger partial charge in [0.1, 0.15) is 17.3 Å². The third-order valence-electron chi connectivity index (χ3n) is 3.11. The maximum absolute atomic E-state index is 13.7. The van der Waals surface area contributed by atoms with Gasteiger partial charge in [-0.15, -0.1) is 11.8 Å². The molecule has 1 aromatic carbocycles. The Balaban J connectivity index is 2.00. The number of carbonyl (C=O) groups excluding carboxylic acids is 1. The highest BCUT2D eigenvalue weighted by molar-refractivity contribution is 8.00. The molecule has 20 heavy (non-hydrogen) atoms. The van der Waals surface area contributed by atoms with E-state index in [0.717, 1.165) is 0 Å². The number of thioether (sulfide) groups is 1. The van der Waals surface area contributed by atoms with Crippen molar-refractivity contribution in [3.8, 4) is 0 Å². The van der Waals surface area contributed by atoms with E-state index in [2.05, 4.69) is 0 Å². The smallest absolute Gasteiger partial charge is 0.240 e. The van der Waals surface area contributed by atoms with Crippen molar-refractivity contribution in [2.45, 2.75) is 18.6 Å². The van der Waals surface area contributed by atoms with Crippen molar-refractivity contribution in [3.05, 3.63) is 29.8 Å². The number of hydrogen-bond acceptors (Lipinski definition) is 3. The van der Waals surface area contributed by atoms with E-state index in [1.54, 1.807) is 0 Å². The van der Waals surface area contributed by atoms with Crippen molar-refractivity contribution in [2.24, 2.45) is 0 Å². The standard InChI is InChI=1S/C14H17F2NO2S/c1-2-19-8-9-20-12-6-7-17(14(12)18)13-10(15)4-3-5-11(13)16/h3-5,12H,2,6-9H2,1H3/t12-/m0/s1. The molecule has 1 amide bonds. The zero-order valence-corrected chi connectivity index (χ0v) is 12.1. The minimum absolute atomic E-state index is 0.226. The summed E-state index contributed by atoms with van der Waals surface area (Å²) < 4.78 is 32.6. The molecule has 1 aliphatic heterocycles. The number of rotatable bonds is 6. The average molecular weight is 301 g/mol. The van der Waals surface area contributed by atoms with Crippen LogP contribution >= 0.6 is 11.8 Å². The van der Waals surface area contributed by atoms with Gasteiger partial charge < -0.3 is 9.64 Å². The predicted octanol–water partition coefficient (Wildman–Crippen LogP) is 2.84. The van der Waals surface area contributed by atoms with Gasteiger partial charge in [-0.25, -0.2) is 8.78 Å². The second-order valence-corrected chi connectivity index (χ2v) is 5.72. The number of ether oxygens (including phenoxy) is 1. The summed E-state index contributed by atoms with van der Waals surface area (Å²) in [5.74, 6) is -0.912. The number of anilines is 1. The van der Waals surface area contributed by atoms with Crippen molar-refractivity contribution in [3.63, 3.8) is 0 Å². The topological polar surface area (TPSA) is 29.5 Å². The van der Waals surface area contributed by atoms with E-state index < -0.39 is 11.6 Å². The Morgan fingerprint density at radius 2 is 2.10 bits per heavy atom. The first-order valence-electron chi connectivity index (χ1n) is 6.60. The van der Waals surface area contributed by atoms with E-state index in [-0.39, 0.29) is 16.8 Å². The number of nitrogens with zero attached hydrogens (tertiary/aromatic N) is 1. The summed E-state index contributed by atoms with van der Waals surface area (Å²) in [5, 5.41) is -0.241. The Labute approximate surface area is 121 Å². The van der Waals surface area contributed by atoms with Gasteiger partial charge in [0.25, 0.3) is 0 Å². The van der Waals surface area contributed by atoms with Crippen LogP contribution in [0.25, 0.3) is 0 Å². The largest absolute Gasteiger partial charge is 0.381 e. The van der Waals surface area contributed by atoms with Crippen LogP contribution in [0.5, 0.6) is 0 Å². The van der Waals surface area contributed by atoms with Gasteiger partial charge >= 0.3 is 0 Å². The molecule has 0 bridgehead atoms. The Morgan fingerprint density at radius 3 is 2.75 bits per heavy atom. The van der Waals surface area contributed by atoms with E-state index in [4.69, 9.17) is 4.74 Å². The van der Waals surface area contributed by atoms with Crippen LogP contribution in [0, 0.1) is 11.6 Å². The maximum atomic E-state index is 13.7. The molecule has 0 aliphatic carbocycles. The molecule has 1 heterocycles. The van der Waals surface area contributed by atoms with Crippen LogP contribution in [0.3, 0.4) is 0 Å². The summed E-state index contributed by atoms with van der Waals surface area (Å²) >= 11 is 1.48. The zero-order valence-electron chi connectivity index (χ0n) is 11.3. The number of halogens is 2. The Bertz CT molecular complexity index is 464. The van der Waals surface area contributed by atoms with Gasteiger partial charge in [-0.2, -0.15) is 0 Å². The molecule has 0 radical (unpaired) electrons. The quantitative estimate of drug-likeness (QED) is 0.757. The molecule has 6 heteroatoms. The number of carbonyl (C=O) groups is 1. The van der Waals surface area contributed by atoms with Crippen LogP contribution in [0.2, 0.25) is 0 Å². The van der Waals surface area contributed by atoms with Crippen LogP contribution in [-0.2, 0) is 9.53 Å². The lowest BCUT2D eigenvalue weighted by Gasteiger charge is -2.18. The van der Waals surface area contributed by atoms with Gasteiger partial charge in [0, 0.05) is 18.9 Å². The summed E-state index contributed by atoms with van der Waals surface area (Å²) in [6.45, 7) is 3.49. The summed E-state index contributed by atoms with van der Waals surface area (Å²) in [4.78, 5) is 13.4. The molecular formula is C14H17F2NO2S. The molecule has 0 N–H and O–H groups in total. The fourth-order valence-corrected chi connectivity index (χ4v) is 3.21. The molecule has 2 rings (SSSR count). The van der Waals surface area contributed by atoms with Gasteiger partial charge in [-0.1, -0.05) is 6.07 Å². The van der Waals surface area contributed by atoms with Crippen LogP contribution in [0.1, 0.15) is 13.3 Å². The minimum atomic E-state index is -0.696. The van der Waals surface area contributed by atoms with Gasteiger partial charge in [0.2, 0.25) is 5.91 Å². The van der Waals surface area contributed by atoms with Gasteiger partial charge in [0.15, 0.2) is 0 Å². The summed E-state index contributed by atoms with van der Waals surface area (Å²) in [6.07, 6.45) is 0.601. The van der Waals surface area contributed by atoms with Crippen molar-refractivity contribution in [1.29, 1.82) is 0 Å². The first-order chi connectivity index (χ1) is 9.65. The normalized spacial score (nSPS) is 18.9. The summed E-state index contributed by atoms with van der Waals surface area (Å²) in [5.41, 5.74) is -0.231. The molecule has 0 aromatic heterocycles. The maximum Gasteiger partial charge on any atom is 0.240 e. The lowest BCUT2D eigenvalue weighted by molar-refractivity contribution is -0.116. The number of benzene rings is 1. The highest BCUT2D eigenvalue weighted by Gasteiger charge is 2.35. The van der Waals surface area contributed by atoms with Crippen molar-refractivity contribution in [1.82, 2.24) is 0 Å². The molecule has 1 aromatic rings. The Kier molecular flexibility index (Phi) is 5.37. The summed E-state index contributed by atoms with van der Waals surface area (Å²) in [7, 11) is 0. The first kappa shape index (κ1) is 15.3. The molecule has 3 nitrogen and oxygen atoms in total. The molecular weight excluding hydrogens is 284 g/mol. The minimum Gasteiger partial charge on any atom is -0.381 e. The summed E-state index contributed by atoms with van der Waals surface area (Å²) in [6, 6.07) is 3.63. The lowest BCUT2D eigenvalue weighted by Crippen LogP contribution is -2.30. The van der Waals surface area contributed by atoms with Gasteiger partial charge in [0.05, 0.1) is 11.9 Å². The third kappa shape index (κ3) is 3.30. The first-order valence-corrected chi connectivity index (χ1v) is 7.64. The molecule has 1 fully saturated rings. The van der Waals surface area contributed by atoms with Crippen LogP contribution < -0.4 is 4.90 Å². The highest BCUT2D eigenvalue weighted by atomic mass is 32.2. The second-order valence-electron chi connectivity index (χ2n) is 4.41. The Hall–Kier alpha value is -1.14. The fraction of sp³-hybridized carbons (Fsp3) is 0.500. The molecule has 0 spiro atoms. The van der Waals surface area contributed by atoms with E-state index >= 15 is 0 Å². The molecule has 1 saturated heterocycles. The van der Waals surface area contributed by atoms with E-state index in [0.29, 0.717) is 31.9 Å². The molecule has 1 atom stereocenters. The van der Waals surface area contributed by atoms with Gasteiger partial charge in [-0.3, -0.25) is 4.79 Å². The van der Waals surface area contributed by atoms with E-state index in [1.807, 2.05) is 6.92 Å². The van der Waals surface area contributed by atoms with Crippen LogP contribution in [0.15, 0.2) is 18.2 Å². The highest BCUT2D eigenvalue weighted by Crippen LogP contribution is 2.31. The predicted molar refractivity (Wildman–Crippen MR) is 76.1 cm³/mol. The number of hydrogen-bond donors (Lipinski definition) is 0. The molecule has 0 saturated carbocycles.